The lowest BCUT2D eigenvalue weighted by molar-refractivity contribution is -0.288. The number of ether oxygens (including phenoxy) is 1. The fourth-order valence-electron chi connectivity index (χ4n) is 2.34. The van der Waals surface area contributed by atoms with Gasteiger partial charge in [-0.15, -0.1) is 0 Å². The molecule has 1 aliphatic heterocycles. The smallest absolute Gasteiger partial charge is 0.308 e. The van der Waals surface area contributed by atoms with Gasteiger partial charge in [0, 0.05) is 13.0 Å². The molecule has 20 heavy (non-hydrogen) atoms. The molecule has 3 atom stereocenters. The van der Waals surface area contributed by atoms with Crippen molar-refractivity contribution < 1.29 is 24.3 Å². The van der Waals surface area contributed by atoms with Crippen LogP contribution in [0.15, 0.2) is 0 Å². The monoisotopic (exact) mass is 287 g/mol. The van der Waals surface area contributed by atoms with Crippen LogP contribution in [0.4, 0.5) is 0 Å². The summed E-state index contributed by atoms with van der Waals surface area (Å²) in [5.74, 6) is -1.33. The lowest BCUT2D eigenvalue weighted by Crippen LogP contribution is -2.44. The van der Waals surface area contributed by atoms with Crippen LogP contribution in [0.5, 0.6) is 0 Å². The van der Waals surface area contributed by atoms with E-state index in [0.717, 1.165) is 24.3 Å². The lowest BCUT2D eigenvalue weighted by Gasteiger charge is -2.33. The molecule has 1 N–H and O–H groups in total. The number of rotatable bonds is 8. The number of aliphatic carboxylic acids is 1. The third kappa shape index (κ3) is 5.09. The summed E-state index contributed by atoms with van der Waals surface area (Å²) in [5, 5.41) is 10.4. The molecule has 6 heteroatoms. The Bertz CT molecular complexity index is 315. The van der Waals surface area contributed by atoms with Gasteiger partial charge in [0.25, 0.3) is 0 Å². The van der Waals surface area contributed by atoms with Gasteiger partial charge in [-0.05, 0) is 32.1 Å². The van der Waals surface area contributed by atoms with Crippen LogP contribution in [-0.2, 0) is 19.2 Å². The number of nitrogens with zero attached hydrogens (tertiary/aromatic N) is 1. The summed E-state index contributed by atoms with van der Waals surface area (Å²) >= 11 is 0. The maximum absolute atomic E-state index is 11.4. The predicted octanol–water partition coefficient (Wildman–Crippen LogP) is 2.04. The van der Waals surface area contributed by atoms with Crippen LogP contribution in [0.2, 0.25) is 0 Å². The van der Waals surface area contributed by atoms with Crippen molar-refractivity contribution in [3.8, 4) is 0 Å². The molecule has 0 aromatic carbocycles. The molecule has 116 valence electrons. The summed E-state index contributed by atoms with van der Waals surface area (Å²) in [5.41, 5.74) is 0. The van der Waals surface area contributed by atoms with Gasteiger partial charge in [-0.3, -0.25) is 9.59 Å². The van der Waals surface area contributed by atoms with E-state index in [9.17, 15) is 14.7 Å². The van der Waals surface area contributed by atoms with Crippen LogP contribution < -0.4 is 0 Å². The average molecular weight is 287 g/mol. The Balaban J connectivity index is 2.64. The Morgan fingerprint density at radius 2 is 2.15 bits per heavy atom. The SMILES string of the molecule is CC(C)C[C@@H](C(=O)O)[C@H](C)N(C=O)OC1CCCCO1. The van der Waals surface area contributed by atoms with Crippen LogP contribution in [0.25, 0.3) is 0 Å². The minimum absolute atomic E-state index is 0.234. The van der Waals surface area contributed by atoms with E-state index in [1.165, 1.54) is 0 Å². The van der Waals surface area contributed by atoms with E-state index >= 15 is 0 Å². The second-order valence-electron chi connectivity index (χ2n) is 5.68. The molecule has 1 unspecified atom stereocenters. The molecule has 0 aromatic heterocycles. The first-order valence-corrected chi connectivity index (χ1v) is 7.20. The topological polar surface area (TPSA) is 76.1 Å². The molecule has 1 aliphatic rings. The molecule has 1 heterocycles. The average Bonchev–Trinajstić information content (AvgIpc) is 2.42. The molecule has 6 nitrogen and oxygen atoms in total. The molecule has 1 fully saturated rings. The molecular weight excluding hydrogens is 262 g/mol. The van der Waals surface area contributed by atoms with Gasteiger partial charge in [0.15, 0.2) is 6.29 Å². The molecule has 0 bridgehead atoms. The Kier molecular flexibility index (Phi) is 6.95. The van der Waals surface area contributed by atoms with Crippen molar-refractivity contribution in [2.45, 2.75) is 58.8 Å². The molecular formula is C14H25NO5. The highest BCUT2D eigenvalue weighted by Gasteiger charge is 2.32. The lowest BCUT2D eigenvalue weighted by atomic mass is 9.91. The van der Waals surface area contributed by atoms with E-state index in [4.69, 9.17) is 9.57 Å². The van der Waals surface area contributed by atoms with E-state index in [2.05, 4.69) is 0 Å². The standard InChI is InChI=1S/C14H25NO5/c1-10(2)8-12(14(17)18)11(3)15(9-16)20-13-6-4-5-7-19-13/h9-13H,4-8H2,1-3H3,(H,17,18)/t11-,12+,13?/m0/s1. The van der Waals surface area contributed by atoms with Crippen LogP contribution in [0.1, 0.15) is 46.5 Å². The number of carboxylic acids is 1. The third-order valence-electron chi connectivity index (χ3n) is 3.51. The molecule has 1 amide bonds. The molecule has 0 radical (unpaired) electrons. The second-order valence-corrected chi connectivity index (χ2v) is 5.68. The van der Waals surface area contributed by atoms with E-state index in [0.29, 0.717) is 19.4 Å². The van der Waals surface area contributed by atoms with Gasteiger partial charge in [-0.1, -0.05) is 13.8 Å². The maximum atomic E-state index is 11.4. The van der Waals surface area contributed by atoms with Gasteiger partial charge in [0.1, 0.15) is 0 Å². The summed E-state index contributed by atoms with van der Waals surface area (Å²) in [6.07, 6.45) is 3.28. The van der Waals surface area contributed by atoms with Crippen LogP contribution in [0.3, 0.4) is 0 Å². The number of carbonyl (C=O) groups is 2. The summed E-state index contributed by atoms with van der Waals surface area (Å²) < 4.78 is 5.41. The van der Waals surface area contributed by atoms with Crippen molar-refractivity contribution in [3.05, 3.63) is 0 Å². The highest BCUT2D eigenvalue weighted by Crippen LogP contribution is 2.22. The highest BCUT2D eigenvalue weighted by molar-refractivity contribution is 5.71. The van der Waals surface area contributed by atoms with Gasteiger partial charge in [0.2, 0.25) is 6.41 Å². The molecule has 1 saturated heterocycles. The third-order valence-corrected chi connectivity index (χ3v) is 3.51. The van der Waals surface area contributed by atoms with Gasteiger partial charge in [0.05, 0.1) is 12.0 Å². The first-order valence-electron chi connectivity index (χ1n) is 7.20. The maximum Gasteiger partial charge on any atom is 0.308 e. The first-order chi connectivity index (χ1) is 9.45. The van der Waals surface area contributed by atoms with Gasteiger partial charge >= 0.3 is 5.97 Å². The van der Waals surface area contributed by atoms with E-state index < -0.39 is 24.2 Å². The van der Waals surface area contributed by atoms with Crippen molar-refractivity contribution in [2.75, 3.05) is 6.61 Å². The Hall–Kier alpha value is -1.14. The van der Waals surface area contributed by atoms with Crippen molar-refractivity contribution in [2.24, 2.45) is 11.8 Å². The van der Waals surface area contributed by atoms with Crippen LogP contribution in [0, 0.1) is 11.8 Å². The normalized spacial score (nSPS) is 22.3. The Labute approximate surface area is 120 Å². The van der Waals surface area contributed by atoms with Gasteiger partial charge < -0.3 is 9.84 Å². The molecule has 0 aliphatic carbocycles. The summed E-state index contributed by atoms with van der Waals surface area (Å²) in [6, 6.07) is -0.530. The second kappa shape index (κ2) is 8.21. The predicted molar refractivity (Wildman–Crippen MR) is 72.6 cm³/mol. The number of carbonyl (C=O) groups excluding carboxylic acids is 1. The zero-order chi connectivity index (χ0) is 15.1. The summed E-state index contributed by atoms with van der Waals surface area (Å²) in [4.78, 5) is 28.0. The first kappa shape index (κ1) is 16.9. The molecule has 0 aromatic rings. The highest BCUT2D eigenvalue weighted by atomic mass is 16.8. The zero-order valence-corrected chi connectivity index (χ0v) is 12.4. The Morgan fingerprint density at radius 1 is 1.45 bits per heavy atom. The number of hydroxylamine groups is 2. The molecule has 0 saturated carbocycles. The van der Waals surface area contributed by atoms with Crippen LogP contribution in [-0.4, -0.2) is 41.5 Å². The number of hydrogen-bond donors (Lipinski definition) is 1. The quantitative estimate of drug-likeness (QED) is 0.546. The molecule has 0 spiro atoms. The van der Waals surface area contributed by atoms with E-state index in [1.54, 1.807) is 6.92 Å². The van der Waals surface area contributed by atoms with Gasteiger partial charge in [-0.2, -0.15) is 0 Å². The fraction of sp³-hybridized carbons (Fsp3) is 0.857. The zero-order valence-electron chi connectivity index (χ0n) is 12.4. The van der Waals surface area contributed by atoms with Gasteiger partial charge in [-0.25, -0.2) is 9.90 Å². The largest absolute Gasteiger partial charge is 0.481 e. The van der Waals surface area contributed by atoms with Crippen LogP contribution >= 0.6 is 0 Å². The fourth-order valence-corrected chi connectivity index (χ4v) is 2.34. The van der Waals surface area contributed by atoms with Crippen molar-refractivity contribution in [3.63, 3.8) is 0 Å². The Morgan fingerprint density at radius 3 is 2.60 bits per heavy atom. The van der Waals surface area contributed by atoms with E-state index in [-0.39, 0.29) is 5.92 Å². The summed E-state index contributed by atoms with van der Waals surface area (Å²) in [6.45, 7) is 6.22. The van der Waals surface area contributed by atoms with Crippen molar-refractivity contribution in [1.82, 2.24) is 5.06 Å². The van der Waals surface area contributed by atoms with E-state index in [1.807, 2.05) is 13.8 Å². The number of amides is 1. The summed E-state index contributed by atoms with van der Waals surface area (Å²) in [7, 11) is 0. The minimum Gasteiger partial charge on any atom is -0.481 e. The number of carboxylic acid groups (broad SMARTS) is 1. The molecule has 1 rings (SSSR count). The minimum atomic E-state index is -0.911. The van der Waals surface area contributed by atoms with Crippen molar-refractivity contribution >= 4 is 12.4 Å². The van der Waals surface area contributed by atoms with Crippen molar-refractivity contribution in [1.29, 1.82) is 0 Å². The number of hydrogen-bond acceptors (Lipinski definition) is 4.